The van der Waals surface area contributed by atoms with Crippen LogP contribution in [0.1, 0.15) is 28.4 Å². The minimum Gasteiger partial charge on any atom is -0.497 e. The van der Waals surface area contributed by atoms with Crippen molar-refractivity contribution in [2.24, 2.45) is 0 Å². The molecule has 0 radical (unpaired) electrons. The van der Waals surface area contributed by atoms with Crippen LogP contribution in [0.3, 0.4) is 0 Å². The molecule has 0 bridgehead atoms. The van der Waals surface area contributed by atoms with E-state index in [1.807, 2.05) is 18.2 Å². The molecule has 0 saturated heterocycles. The van der Waals surface area contributed by atoms with E-state index in [1.54, 1.807) is 30.0 Å². The first-order valence-corrected chi connectivity index (χ1v) is 8.91. The Morgan fingerprint density at radius 3 is 2.30 bits per heavy atom. The van der Waals surface area contributed by atoms with Crippen molar-refractivity contribution in [1.82, 2.24) is 10.2 Å². The smallest absolute Gasteiger partial charge is 0.252 e. The highest BCUT2D eigenvalue weighted by Crippen LogP contribution is 2.23. The molecule has 0 unspecified atom stereocenters. The fraction of sp³-hybridized carbons (Fsp3) is 0.333. The van der Waals surface area contributed by atoms with E-state index in [-0.39, 0.29) is 11.8 Å². The molecule has 1 heterocycles. The van der Waals surface area contributed by atoms with Gasteiger partial charge in [-0.15, -0.1) is 0 Å². The van der Waals surface area contributed by atoms with Crippen molar-refractivity contribution in [3.05, 3.63) is 59.2 Å². The van der Waals surface area contributed by atoms with Crippen LogP contribution in [0.15, 0.2) is 42.5 Å². The van der Waals surface area contributed by atoms with E-state index in [1.165, 1.54) is 19.8 Å². The van der Waals surface area contributed by atoms with Gasteiger partial charge in [-0.3, -0.25) is 9.59 Å². The first-order chi connectivity index (χ1) is 13.0. The summed E-state index contributed by atoms with van der Waals surface area (Å²) in [6.07, 6.45) is 0.829. The third kappa shape index (κ3) is 4.22. The van der Waals surface area contributed by atoms with Gasteiger partial charge < -0.3 is 19.7 Å². The molecule has 6 nitrogen and oxygen atoms in total. The first-order valence-electron chi connectivity index (χ1n) is 8.91. The zero-order chi connectivity index (χ0) is 19.4. The number of rotatable bonds is 5. The molecule has 142 valence electrons. The number of hydrogen-bond donors (Lipinski definition) is 1. The predicted molar refractivity (Wildman–Crippen MR) is 102 cm³/mol. The van der Waals surface area contributed by atoms with E-state index >= 15 is 0 Å². The van der Waals surface area contributed by atoms with E-state index in [4.69, 9.17) is 9.47 Å². The summed E-state index contributed by atoms with van der Waals surface area (Å²) in [6.45, 7) is 2.93. The summed E-state index contributed by atoms with van der Waals surface area (Å²) in [4.78, 5) is 27.2. The lowest BCUT2D eigenvalue weighted by atomic mass is 9.99. The molecule has 2 amide bonds. The summed E-state index contributed by atoms with van der Waals surface area (Å²) < 4.78 is 10.4. The maximum atomic E-state index is 12.8. The van der Waals surface area contributed by atoms with Crippen molar-refractivity contribution in [2.45, 2.75) is 25.9 Å². The van der Waals surface area contributed by atoms with E-state index in [2.05, 4.69) is 11.4 Å². The van der Waals surface area contributed by atoms with Crippen molar-refractivity contribution in [1.29, 1.82) is 0 Å². The van der Waals surface area contributed by atoms with Crippen LogP contribution in [0.25, 0.3) is 0 Å². The van der Waals surface area contributed by atoms with Crippen LogP contribution in [-0.2, 0) is 17.8 Å². The quantitative estimate of drug-likeness (QED) is 0.880. The van der Waals surface area contributed by atoms with Gasteiger partial charge in [0, 0.05) is 24.7 Å². The van der Waals surface area contributed by atoms with Crippen LogP contribution >= 0.6 is 0 Å². The Morgan fingerprint density at radius 1 is 1.04 bits per heavy atom. The van der Waals surface area contributed by atoms with Gasteiger partial charge in [-0.05, 0) is 36.6 Å². The number of nitrogens with one attached hydrogen (secondary N) is 1. The molecule has 0 aliphatic carbocycles. The van der Waals surface area contributed by atoms with E-state index in [0.29, 0.717) is 30.2 Å². The minimum atomic E-state index is -0.625. The molecule has 2 aromatic carbocycles. The van der Waals surface area contributed by atoms with Crippen LogP contribution in [0, 0.1) is 0 Å². The van der Waals surface area contributed by atoms with Crippen LogP contribution in [0.2, 0.25) is 0 Å². The monoisotopic (exact) mass is 368 g/mol. The van der Waals surface area contributed by atoms with Crippen molar-refractivity contribution >= 4 is 11.8 Å². The lowest BCUT2D eigenvalue weighted by Gasteiger charge is -2.31. The maximum absolute atomic E-state index is 12.8. The lowest BCUT2D eigenvalue weighted by Crippen LogP contribution is -2.48. The third-order valence-electron chi connectivity index (χ3n) is 4.77. The average molecular weight is 368 g/mol. The normalized spacial score (nSPS) is 14.1. The van der Waals surface area contributed by atoms with Crippen molar-refractivity contribution in [3.8, 4) is 11.5 Å². The zero-order valence-electron chi connectivity index (χ0n) is 15.8. The van der Waals surface area contributed by atoms with Crippen LogP contribution < -0.4 is 14.8 Å². The number of amides is 2. The Kier molecular flexibility index (Phi) is 5.64. The minimum absolute atomic E-state index is 0.0901. The lowest BCUT2D eigenvalue weighted by molar-refractivity contribution is -0.133. The fourth-order valence-electron chi connectivity index (χ4n) is 3.24. The topological polar surface area (TPSA) is 67.9 Å². The highest BCUT2D eigenvalue weighted by Gasteiger charge is 2.26. The van der Waals surface area contributed by atoms with Crippen LogP contribution in [0.5, 0.6) is 11.5 Å². The van der Waals surface area contributed by atoms with Gasteiger partial charge in [0.25, 0.3) is 5.91 Å². The molecular formula is C21H24N2O4. The van der Waals surface area contributed by atoms with Gasteiger partial charge in [-0.25, -0.2) is 0 Å². The molecule has 1 aliphatic rings. The number of benzene rings is 2. The van der Waals surface area contributed by atoms with Crippen molar-refractivity contribution in [3.63, 3.8) is 0 Å². The molecule has 0 aromatic heterocycles. The second-order valence-corrected chi connectivity index (χ2v) is 6.57. The largest absolute Gasteiger partial charge is 0.497 e. The number of methoxy groups -OCH3 is 2. The number of fused-ring (bicyclic) bond motifs is 1. The Hall–Kier alpha value is -3.02. The summed E-state index contributed by atoms with van der Waals surface area (Å²) in [6, 6.07) is 12.4. The van der Waals surface area contributed by atoms with Crippen molar-refractivity contribution < 1.29 is 19.1 Å². The second kappa shape index (κ2) is 8.12. The van der Waals surface area contributed by atoms with Crippen LogP contribution in [0.4, 0.5) is 0 Å². The summed E-state index contributed by atoms with van der Waals surface area (Å²) in [5.41, 5.74) is 2.82. The molecule has 0 fully saturated rings. The van der Waals surface area contributed by atoms with Gasteiger partial charge in [-0.2, -0.15) is 0 Å². The van der Waals surface area contributed by atoms with Crippen LogP contribution in [-0.4, -0.2) is 43.5 Å². The Labute approximate surface area is 159 Å². The summed E-state index contributed by atoms with van der Waals surface area (Å²) in [7, 11) is 3.05. The van der Waals surface area contributed by atoms with Gasteiger partial charge in [-0.1, -0.05) is 24.3 Å². The third-order valence-corrected chi connectivity index (χ3v) is 4.77. The molecule has 1 aliphatic heterocycles. The second-order valence-electron chi connectivity index (χ2n) is 6.57. The number of nitrogens with zero attached hydrogens (tertiary/aromatic N) is 1. The molecule has 1 N–H and O–H groups in total. The Morgan fingerprint density at radius 2 is 1.67 bits per heavy atom. The molecule has 1 atom stereocenters. The van der Waals surface area contributed by atoms with E-state index < -0.39 is 6.04 Å². The SMILES string of the molecule is COc1cc(OC)cc(C(=O)N[C@H](C)C(=O)N2CCc3ccccc3C2)c1. The van der Waals surface area contributed by atoms with Gasteiger partial charge >= 0.3 is 0 Å². The molecule has 2 aromatic rings. The molecule has 0 spiro atoms. The highest BCUT2D eigenvalue weighted by atomic mass is 16.5. The fourth-order valence-corrected chi connectivity index (χ4v) is 3.24. The maximum Gasteiger partial charge on any atom is 0.252 e. The molecular weight excluding hydrogens is 344 g/mol. The van der Waals surface area contributed by atoms with E-state index in [0.717, 1.165) is 12.0 Å². The Balaban J connectivity index is 1.67. The number of carbonyl (C=O) groups excluding carboxylic acids is 2. The summed E-state index contributed by atoms with van der Waals surface area (Å²) in [5, 5.41) is 2.78. The van der Waals surface area contributed by atoms with Gasteiger partial charge in [0.2, 0.25) is 5.91 Å². The summed E-state index contributed by atoms with van der Waals surface area (Å²) in [5.74, 6) is 0.607. The predicted octanol–water partition coefficient (Wildman–Crippen LogP) is 2.41. The average Bonchev–Trinajstić information content (AvgIpc) is 2.72. The molecule has 0 saturated carbocycles. The number of hydrogen-bond acceptors (Lipinski definition) is 4. The number of ether oxygens (including phenoxy) is 2. The highest BCUT2D eigenvalue weighted by molar-refractivity contribution is 5.98. The molecule has 27 heavy (non-hydrogen) atoms. The molecule has 3 rings (SSSR count). The number of carbonyl (C=O) groups is 2. The first kappa shape index (κ1) is 18.8. The Bertz CT molecular complexity index is 828. The molecule has 6 heteroatoms. The van der Waals surface area contributed by atoms with Gasteiger partial charge in [0.05, 0.1) is 14.2 Å². The van der Waals surface area contributed by atoms with Gasteiger partial charge in [0.15, 0.2) is 0 Å². The summed E-state index contributed by atoms with van der Waals surface area (Å²) >= 11 is 0. The standard InChI is InChI=1S/C21H24N2O4/c1-14(21(25)23-9-8-15-6-4-5-7-16(15)13-23)22-20(24)17-10-18(26-2)12-19(11-17)27-3/h4-7,10-12,14H,8-9,13H2,1-3H3,(H,22,24)/t14-/m1/s1. The van der Waals surface area contributed by atoms with Gasteiger partial charge in [0.1, 0.15) is 17.5 Å². The zero-order valence-corrected chi connectivity index (χ0v) is 15.8. The van der Waals surface area contributed by atoms with Crippen molar-refractivity contribution in [2.75, 3.05) is 20.8 Å². The van der Waals surface area contributed by atoms with E-state index in [9.17, 15) is 9.59 Å².